The largest absolute Gasteiger partial charge is 0.394 e. The highest BCUT2D eigenvalue weighted by Crippen LogP contribution is 2.07. The van der Waals surface area contributed by atoms with Crippen molar-refractivity contribution >= 4 is 23.1 Å². The van der Waals surface area contributed by atoms with E-state index in [1.807, 2.05) is 0 Å². The third kappa shape index (κ3) is 3.65. The van der Waals surface area contributed by atoms with Gasteiger partial charge in [-0.2, -0.15) is 5.10 Å². The number of aliphatic hydroxyl groups is 4. The molecule has 0 aliphatic rings. The molecule has 3 atom stereocenters. The molecule has 2 rings (SSSR count). The molecule has 0 bridgehead atoms. The van der Waals surface area contributed by atoms with Crippen LogP contribution in [-0.4, -0.2) is 61.5 Å². The molecule has 1 aromatic carbocycles. The van der Waals surface area contributed by atoms with Gasteiger partial charge in [0, 0.05) is 0 Å². The van der Waals surface area contributed by atoms with Gasteiger partial charge in [0.2, 0.25) is 5.82 Å². The summed E-state index contributed by atoms with van der Waals surface area (Å²) in [7, 11) is 0. The van der Waals surface area contributed by atoms with Gasteiger partial charge in [0.1, 0.15) is 18.3 Å². The van der Waals surface area contributed by atoms with Crippen LogP contribution in [0.15, 0.2) is 34.2 Å². The first-order valence-electron chi connectivity index (χ1n) is 6.46. The van der Waals surface area contributed by atoms with E-state index >= 15 is 0 Å². The van der Waals surface area contributed by atoms with Crippen molar-refractivity contribution < 1.29 is 20.4 Å². The van der Waals surface area contributed by atoms with Crippen LogP contribution in [0.3, 0.4) is 0 Å². The number of fused-ring (bicyclic) bond motifs is 1. The molecule has 9 heteroatoms. The summed E-state index contributed by atoms with van der Waals surface area (Å²) >= 11 is 0. The van der Waals surface area contributed by atoms with Crippen LogP contribution < -0.4 is 11.0 Å². The van der Waals surface area contributed by atoms with Crippen LogP contribution in [0.25, 0.3) is 11.0 Å². The summed E-state index contributed by atoms with van der Waals surface area (Å²) < 4.78 is 0. The number of aromatic amines is 1. The number of hydrogen-bond acceptors (Lipinski definition) is 8. The molecule has 0 aliphatic heterocycles. The fourth-order valence-corrected chi connectivity index (χ4v) is 1.70. The maximum Gasteiger partial charge on any atom is 0.293 e. The summed E-state index contributed by atoms with van der Waals surface area (Å²) in [6.07, 6.45) is -3.73. The molecule has 0 saturated carbocycles. The molecule has 3 unspecified atom stereocenters. The molecule has 0 fully saturated rings. The van der Waals surface area contributed by atoms with E-state index in [0.29, 0.717) is 11.0 Å². The predicted molar refractivity (Wildman–Crippen MR) is 79.6 cm³/mol. The Morgan fingerprint density at radius 3 is 2.77 bits per heavy atom. The average molecular weight is 308 g/mol. The van der Waals surface area contributed by atoms with E-state index in [0.717, 1.165) is 6.21 Å². The molecule has 1 heterocycles. The van der Waals surface area contributed by atoms with Crippen LogP contribution in [0.1, 0.15) is 0 Å². The van der Waals surface area contributed by atoms with Gasteiger partial charge in [0.15, 0.2) is 0 Å². The van der Waals surface area contributed by atoms with Gasteiger partial charge in [-0.3, -0.25) is 10.2 Å². The number of hydrogen-bond donors (Lipinski definition) is 6. The number of anilines is 1. The molecule has 6 N–H and O–H groups in total. The first-order valence-corrected chi connectivity index (χ1v) is 6.46. The zero-order chi connectivity index (χ0) is 16.1. The van der Waals surface area contributed by atoms with Crippen LogP contribution in [0, 0.1) is 0 Å². The average Bonchev–Trinajstić information content (AvgIpc) is 2.53. The summed E-state index contributed by atoms with van der Waals surface area (Å²) in [6, 6.07) is 6.93. The lowest BCUT2D eigenvalue weighted by molar-refractivity contribution is -0.0541. The second kappa shape index (κ2) is 7.09. The Balaban J connectivity index is 2.09. The van der Waals surface area contributed by atoms with Crippen LogP contribution in [-0.2, 0) is 0 Å². The van der Waals surface area contributed by atoms with Crippen LogP contribution >= 0.6 is 0 Å². The maximum absolute atomic E-state index is 11.8. The zero-order valence-corrected chi connectivity index (χ0v) is 11.4. The number of benzene rings is 1. The highest BCUT2D eigenvalue weighted by molar-refractivity contribution is 5.75. The van der Waals surface area contributed by atoms with E-state index in [-0.39, 0.29) is 5.82 Å². The Hall–Kier alpha value is -2.33. The van der Waals surface area contributed by atoms with Crippen LogP contribution in [0.4, 0.5) is 5.82 Å². The Morgan fingerprint density at radius 2 is 2.05 bits per heavy atom. The second-order valence-electron chi connectivity index (χ2n) is 4.55. The number of H-pyrrole nitrogens is 1. The fourth-order valence-electron chi connectivity index (χ4n) is 1.70. The lowest BCUT2D eigenvalue weighted by Crippen LogP contribution is -2.40. The van der Waals surface area contributed by atoms with Gasteiger partial charge in [-0.05, 0) is 12.1 Å². The van der Waals surface area contributed by atoms with Crippen molar-refractivity contribution in [3.05, 3.63) is 34.6 Å². The molecule has 0 saturated heterocycles. The summed E-state index contributed by atoms with van der Waals surface area (Å²) in [6.45, 7) is -0.703. The number of rotatable bonds is 6. The number of aromatic nitrogens is 2. The van der Waals surface area contributed by atoms with Gasteiger partial charge in [-0.15, -0.1) is 0 Å². The van der Waals surface area contributed by atoms with Gasteiger partial charge >= 0.3 is 0 Å². The van der Waals surface area contributed by atoms with Crippen molar-refractivity contribution in [2.45, 2.75) is 18.3 Å². The molecular weight excluding hydrogens is 292 g/mol. The van der Waals surface area contributed by atoms with Crippen molar-refractivity contribution in [1.29, 1.82) is 0 Å². The van der Waals surface area contributed by atoms with Crippen LogP contribution in [0.5, 0.6) is 0 Å². The minimum absolute atomic E-state index is 0.0839. The first-order chi connectivity index (χ1) is 10.5. The third-order valence-electron chi connectivity index (χ3n) is 2.93. The topological polar surface area (TPSA) is 151 Å². The minimum Gasteiger partial charge on any atom is -0.394 e. The lowest BCUT2D eigenvalue weighted by atomic mass is 10.1. The number of hydrazone groups is 1. The van der Waals surface area contributed by atoms with Gasteiger partial charge in [0.05, 0.1) is 23.9 Å². The maximum atomic E-state index is 11.8. The van der Waals surface area contributed by atoms with Crippen molar-refractivity contribution in [2.24, 2.45) is 5.10 Å². The standard InChI is InChI=1S/C13H16N4O5/c18-6-10(20)11(21)9(19)5-14-17-12-13(22)16-8-4-2-1-3-7(8)15-12/h1-5,9-11,18-21H,6H2,(H,15,17)(H,16,22)/b14-5+. The molecule has 0 amide bonds. The highest BCUT2D eigenvalue weighted by Gasteiger charge is 2.22. The molecule has 0 aliphatic carbocycles. The Bertz CT molecular complexity index is 717. The van der Waals surface area contributed by atoms with Crippen molar-refractivity contribution in [3.63, 3.8) is 0 Å². The quantitative estimate of drug-likeness (QED) is 0.277. The summed E-state index contributed by atoms with van der Waals surface area (Å²) in [5.41, 5.74) is 2.97. The molecule has 1 aromatic heterocycles. The monoisotopic (exact) mass is 308 g/mol. The fraction of sp³-hybridized carbons (Fsp3) is 0.308. The smallest absolute Gasteiger partial charge is 0.293 e. The summed E-state index contributed by atoms with van der Waals surface area (Å²) in [5, 5.41) is 40.3. The van der Waals surface area contributed by atoms with Crippen molar-refractivity contribution in [3.8, 4) is 0 Å². The lowest BCUT2D eigenvalue weighted by Gasteiger charge is -2.17. The van der Waals surface area contributed by atoms with E-state index in [1.165, 1.54) is 0 Å². The van der Waals surface area contributed by atoms with E-state index in [4.69, 9.17) is 10.2 Å². The van der Waals surface area contributed by atoms with Crippen molar-refractivity contribution in [1.82, 2.24) is 9.97 Å². The SMILES string of the molecule is O=c1[nH]c2ccccc2nc1N/N=C/C(O)C(O)C(O)CO. The van der Waals surface area contributed by atoms with Crippen LogP contribution in [0.2, 0.25) is 0 Å². The number of para-hydroxylation sites is 2. The predicted octanol–water partition coefficient (Wildman–Crippen LogP) is -1.60. The molecule has 2 aromatic rings. The molecule has 118 valence electrons. The van der Waals surface area contributed by atoms with Gasteiger partial charge < -0.3 is 25.4 Å². The third-order valence-corrected chi connectivity index (χ3v) is 2.93. The summed E-state index contributed by atoms with van der Waals surface area (Å²) in [5.74, 6) is -0.0839. The second-order valence-corrected chi connectivity index (χ2v) is 4.55. The molecular formula is C13H16N4O5. The first kappa shape index (κ1) is 16.0. The van der Waals surface area contributed by atoms with Gasteiger partial charge in [0.25, 0.3) is 5.56 Å². The van der Waals surface area contributed by atoms with E-state index < -0.39 is 30.5 Å². The Kier molecular flexibility index (Phi) is 5.17. The normalized spacial score (nSPS) is 15.8. The van der Waals surface area contributed by atoms with E-state index in [1.54, 1.807) is 24.3 Å². The number of nitrogens with one attached hydrogen (secondary N) is 2. The van der Waals surface area contributed by atoms with Gasteiger partial charge in [-0.25, -0.2) is 4.98 Å². The molecule has 9 nitrogen and oxygen atoms in total. The Labute approximate surface area is 124 Å². The van der Waals surface area contributed by atoms with Gasteiger partial charge in [-0.1, -0.05) is 12.1 Å². The zero-order valence-electron chi connectivity index (χ0n) is 11.4. The Morgan fingerprint density at radius 1 is 1.32 bits per heavy atom. The summed E-state index contributed by atoms with van der Waals surface area (Å²) in [4.78, 5) is 18.4. The van der Waals surface area contributed by atoms with Crippen molar-refractivity contribution in [2.75, 3.05) is 12.0 Å². The van der Waals surface area contributed by atoms with E-state index in [2.05, 4.69) is 20.5 Å². The minimum atomic E-state index is -1.60. The molecule has 0 radical (unpaired) electrons. The number of aliphatic hydroxyl groups excluding tert-OH is 4. The molecule has 0 spiro atoms. The molecule has 22 heavy (non-hydrogen) atoms. The number of nitrogens with zero attached hydrogens (tertiary/aromatic N) is 2. The highest BCUT2D eigenvalue weighted by atomic mass is 16.4. The van der Waals surface area contributed by atoms with E-state index in [9.17, 15) is 15.0 Å².